The summed E-state index contributed by atoms with van der Waals surface area (Å²) in [5.74, 6) is 0.924. The van der Waals surface area contributed by atoms with Gasteiger partial charge in [0.1, 0.15) is 0 Å². The van der Waals surface area contributed by atoms with Crippen LogP contribution >= 0.6 is 0 Å². The number of piperidine rings is 2. The number of likely N-dealkylation sites (tertiary alicyclic amines) is 2. The van der Waals surface area contributed by atoms with Crippen LogP contribution in [0.1, 0.15) is 38.5 Å². The van der Waals surface area contributed by atoms with Crippen molar-refractivity contribution in [3.63, 3.8) is 0 Å². The van der Waals surface area contributed by atoms with Gasteiger partial charge in [0.2, 0.25) is 0 Å². The first-order valence-electron chi connectivity index (χ1n) is 8.82. The molecule has 1 saturated carbocycles. The Balaban J connectivity index is 1.30. The number of rotatable bonds is 5. The highest BCUT2D eigenvalue weighted by atomic mass is 16.5. The molecule has 0 amide bonds. The molecule has 21 heavy (non-hydrogen) atoms. The van der Waals surface area contributed by atoms with Gasteiger partial charge in [-0.2, -0.15) is 0 Å². The van der Waals surface area contributed by atoms with Gasteiger partial charge in [0, 0.05) is 26.7 Å². The number of ether oxygens (including phenoxy) is 2. The Bertz CT molecular complexity index is 304. The van der Waals surface area contributed by atoms with E-state index in [0.29, 0.717) is 18.3 Å². The average molecular weight is 296 g/mol. The normalized spacial score (nSPS) is 34.0. The van der Waals surface area contributed by atoms with Crippen LogP contribution in [0.3, 0.4) is 0 Å². The van der Waals surface area contributed by atoms with Crippen LogP contribution < -0.4 is 0 Å². The molecule has 0 aromatic heterocycles. The summed E-state index contributed by atoms with van der Waals surface area (Å²) in [6.07, 6.45) is 8.85. The second-order valence-electron chi connectivity index (χ2n) is 7.33. The van der Waals surface area contributed by atoms with Crippen molar-refractivity contribution >= 4 is 0 Å². The molecule has 0 spiro atoms. The van der Waals surface area contributed by atoms with Crippen LogP contribution in [0.2, 0.25) is 0 Å². The van der Waals surface area contributed by atoms with E-state index in [0.717, 1.165) is 18.8 Å². The summed E-state index contributed by atoms with van der Waals surface area (Å²) in [6, 6.07) is 0. The van der Waals surface area contributed by atoms with Crippen LogP contribution in [0.25, 0.3) is 0 Å². The topological polar surface area (TPSA) is 24.9 Å². The van der Waals surface area contributed by atoms with Crippen molar-refractivity contribution in [2.45, 2.75) is 56.8 Å². The summed E-state index contributed by atoms with van der Waals surface area (Å²) in [5, 5.41) is 0. The van der Waals surface area contributed by atoms with Gasteiger partial charge in [-0.05, 0) is 64.6 Å². The zero-order chi connectivity index (χ0) is 14.7. The average Bonchev–Trinajstić information content (AvgIpc) is 2.46. The van der Waals surface area contributed by atoms with Crippen LogP contribution in [0.4, 0.5) is 0 Å². The minimum absolute atomic E-state index is 0.458. The fourth-order valence-electron chi connectivity index (χ4n) is 3.93. The van der Waals surface area contributed by atoms with Gasteiger partial charge in [-0.3, -0.25) is 0 Å². The molecule has 0 aromatic carbocycles. The summed E-state index contributed by atoms with van der Waals surface area (Å²) in [5.41, 5.74) is 0. The zero-order valence-corrected chi connectivity index (χ0v) is 13.8. The molecule has 0 atom stereocenters. The Hall–Kier alpha value is -0.160. The molecular formula is C17H32N2O2. The minimum Gasteiger partial charge on any atom is -0.381 e. The molecule has 2 heterocycles. The summed E-state index contributed by atoms with van der Waals surface area (Å²) in [7, 11) is 4.05. The van der Waals surface area contributed by atoms with Gasteiger partial charge in [-0.15, -0.1) is 0 Å². The smallest absolute Gasteiger partial charge is 0.0628 e. The molecule has 4 heteroatoms. The highest BCUT2D eigenvalue weighted by molar-refractivity contribution is 4.84. The number of nitrogens with zero attached hydrogens (tertiary/aromatic N) is 2. The number of methoxy groups -OCH3 is 1. The van der Waals surface area contributed by atoms with Gasteiger partial charge >= 0.3 is 0 Å². The Morgan fingerprint density at radius 1 is 0.857 bits per heavy atom. The molecular weight excluding hydrogens is 264 g/mol. The van der Waals surface area contributed by atoms with Crippen molar-refractivity contribution in [3.8, 4) is 0 Å². The fourth-order valence-corrected chi connectivity index (χ4v) is 3.93. The fraction of sp³-hybridized carbons (Fsp3) is 1.00. The number of hydrogen-bond donors (Lipinski definition) is 0. The SMILES string of the molecule is CO[C@H]1C[C@H](OC2CCN(CC3CCN(C)CC3)CC2)C1. The molecule has 0 radical (unpaired) electrons. The molecule has 122 valence electrons. The lowest BCUT2D eigenvalue weighted by Gasteiger charge is -2.40. The quantitative estimate of drug-likeness (QED) is 0.774. The first-order valence-corrected chi connectivity index (χ1v) is 8.82. The summed E-state index contributed by atoms with van der Waals surface area (Å²) >= 11 is 0. The van der Waals surface area contributed by atoms with Crippen molar-refractivity contribution < 1.29 is 9.47 Å². The maximum absolute atomic E-state index is 6.20. The van der Waals surface area contributed by atoms with Gasteiger partial charge in [0.15, 0.2) is 0 Å². The van der Waals surface area contributed by atoms with Crippen molar-refractivity contribution in [1.29, 1.82) is 0 Å². The van der Waals surface area contributed by atoms with Gasteiger partial charge in [-0.25, -0.2) is 0 Å². The standard InChI is InChI=1S/C17H32N2O2/c1-18-7-3-14(4-8-18)13-19-9-5-15(6-10-19)21-17-11-16(12-17)20-2/h14-17H,3-13H2,1-2H3/t16-,17-. The molecule has 4 nitrogen and oxygen atoms in total. The van der Waals surface area contributed by atoms with Crippen molar-refractivity contribution in [3.05, 3.63) is 0 Å². The Kier molecular flexibility index (Phi) is 5.54. The lowest BCUT2D eigenvalue weighted by atomic mass is 9.91. The Labute approximate surface area is 129 Å². The van der Waals surface area contributed by atoms with E-state index in [-0.39, 0.29) is 0 Å². The van der Waals surface area contributed by atoms with E-state index < -0.39 is 0 Å². The summed E-state index contributed by atoms with van der Waals surface area (Å²) < 4.78 is 11.5. The predicted molar refractivity (Wildman–Crippen MR) is 84.6 cm³/mol. The maximum atomic E-state index is 6.20. The molecule has 0 aromatic rings. The van der Waals surface area contributed by atoms with Gasteiger partial charge in [0.05, 0.1) is 18.3 Å². The van der Waals surface area contributed by atoms with Gasteiger partial charge in [-0.1, -0.05) is 0 Å². The third-order valence-corrected chi connectivity index (χ3v) is 5.66. The van der Waals surface area contributed by atoms with Crippen LogP contribution in [-0.4, -0.2) is 75.0 Å². The molecule has 3 aliphatic rings. The molecule has 0 N–H and O–H groups in total. The molecule has 0 unspecified atom stereocenters. The first-order chi connectivity index (χ1) is 10.2. The lowest BCUT2D eigenvalue weighted by molar-refractivity contribution is -0.126. The largest absolute Gasteiger partial charge is 0.381 e. The maximum Gasteiger partial charge on any atom is 0.0628 e. The molecule has 1 aliphatic carbocycles. The molecule has 2 saturated heterocycles. The van der Waals surface area contributed by atoms with E-state index in [9.17, 15) is 0 Å². The van der Waals surface area contributed by atoms with Gasteiger partial charge in [0.25, 0.3) is 0 Å². The molecule has 2 aliphatic heterocycles. The molecule has 3 fully saturated rings. The highest BCUT2D eigenvalue weighted by Gasteiger charge is 2.33. The van der Waals surface area contributed by atoms with Gasteiger partial charge < -0.3 is 19.3 Å². The number of hydrogen-bond acceptors (Lipinski definition) is 4. The first kappa shape index (κ1) is 15.7. The lowest BCUT2D eigenvalue weighted by Crippen LogP contribution is -2.45. The van der Waals surface area contributed by atoms with E-state index in [1.165, 1.54) is 58.4 Å². The van der Waals surface area contributed by atoms with Crippen LogP contribution in [0.5, 0.6) is 0 Å². The van der Waals surface area contributed by atoms with E-state index >= 15 is 0 Å². The monoisotopic (exact) mass is 296 g/mol. The second-order valence-corrected chi connectivity index (χ2v) is 7.33. The summed E-state index contributed by atoms with van der Waals surface area (Å²) in [6.45, 7) is 6.35. The highest BCUT2D eigenvalue weighted by Crippen LogP contribution is 2.29. The van der Waals surface area contributed by atoms with E-state index in [1.54, 1.807) is 0 Å². The molecule has 3 rings (SSSR count). The van der Waals surface area contributed by atoms with Crippen molar-refractivity contribution in [2.75, 3.05) is 46.9 Å². The third kappa shape index (κ3) is 4.41. The molecule has 0 bridgehead atoms. The third-order valence-electron chi connectivity index (χ3n) is 5.66. The summed E-state index contributed by atoms with van der Waals surface area (Å²) in [4.78, 5) is 5.14. The zero-order valence-electron chi connectivity index (χ0n) is 13.8. The van der Waals surface area contributed by atoms with Crippen molar-refractivity contribution in [2.24, 2.45) is 5.92 Å². The van der Waals surface area contributed by atoms with Crippen LogP contribution in [-0.2, 0) is 9.47 Å². The minimum atomic E-state index is 0.458. The van der Waals surface area contributed by atoms with E-state index in [2.05, 4.69) is 16.8 Å². The van der Waals surface area contributed by atoms with Crippen LogP contribution in [0.15, 0.2) is 0 Å². The van der Waals surface area contributed by atoms with E-state index in [4.69, 9.17) is 9.47 Å². The Morgan fingerprint density at radius 2 is 1.52 bits per heavy atom. The second kappa shape index (κ2) is 7.40. The van der Waals surface area contributed by atoms with E-state index in [1.807, 2.05) is 7.11 Å². The predicted octanol–water partition coefficient (Wildman–Crippen LogP) is 1.99. The van der Waals surface area contributed by atoms with Crippen molar-refractivity contribution in [1.82, 2.24) is 9.80 Å². The van der Waals surface area contributed by atoms with Crippen LogP contribution in [0, 0.1) is 5.92 Å². The Morgan fingerprint density at radius 3 is 2.14 bits per heavy atom.